The van der Waals surface area contributed by atoms with Crippen molar-refractivity contribution in [1.82, 2.24) is 19.9 Å². The lowest BCUT2D eigenvalue weighted by atomic mass is 10.0. The van der Waals surface area contributed by atoms with Gasteiger partial charge in [0.1, 0.15) is 26.2 Å². The lowest BCUT2D eigenvalue weighted by molar-refractivity contribution is -0.696. The van der Waals surface area contributed by atoms with Gasteiger partial charge in [-0.1, -0.05) is 47.0 Å². The minimum atomic E-state index is 0.132. The summed E-state index contributed by atoms with van der Waals surface area (Å²) in [6, 6.07) is 25.7. The molecule has 0 aromatic carbocycles. The first-order valence-corrected chi connectivity index (χ1v) is 29.6. The van der Waals surface area contributed by atoms with Gasteiger partial charge in [-0.3, -0.25) is 19.2 Å². The highest BCUT2D eigenvalue weighted by atomic mass is 32.2. The van der Waals surface area contributed by atoms with Crippen molar-refractivity contribution in [2.45, 2.75) is 79.6 Å². The Morgan fingerprint density at radius 3 is 0.868 bits per heavy atom. The molecule has 386 valence electrons. The highest BCUT2D eigenvalue weighted by Gasteiger charge is 2.22. The van der Waals surface area contributed by atoms with E-state index >= 15 is 0 Å². The van der Waals surface area contributed by atoms with Gasteiger partial charge in [-0.25, -0.2) is 28.2 Å². The van der Waals surface area contributed by atoms with Crippen LogP contribution in [0.3, 0.4) is 0 Å². The van der Waals surface area contributed by atoms with E-state index in [1.807, 2.05) is 0 Å². The van der Waals surface area contributed by atoms with Crippen LogP contribution in [0.25, 0.3) is 90.9 Å². The number of aromatic amines is 2. The molecule has 0 spiro atoms. The number of aryl methyl sites for hydroxylation is 4. The van der Waals surface area contributed by atoms with Crippen molar-refractivity contribution in [3.63, 3.8) is 0 Å². The van der Waals surface area contributed by atoms with Crippen molar-refractivity contribution >= 4 is 114 Å². The van der Waals surface area contributed by atoms with Crippen molar-refractivity contribution in [2.24, 2.45) is 0 Å². The van der Waals surface area contributed by atoms with Gasteiger partial charge in [0.15, 0.2) is 70.0 Å². The normalized spacial score (nSPS) is 11.8. The molecule has 8 bridgehead atoms. The van der Waals surface area contributed by atoms with E-state index in [4.69, 9.17) is 9.97 Å². The molecule has 0 saturated carbocycles. The number of pyridine rings is 4. The molecule has 0 fully saturated rings. The number of thioether (sulfide) groups is 4. The first kappa shape index (κ1) is 54.1. The Balaban J connectivity index is 1.25. The molecule has 2 aliphatic rings. The fourth-order valence-electron chi connectivity index (χ4n) is 9.36. The summed E-state index contributed by atoms with van der Waals surface area (Å²) < 4.78 is 8.64. The molecule has 0 atom stereocenters. The number of H-pyrrole nitrogens is 2. The number of aromatic nitrogens is 8. The zero-order valence-corrected chi connectivity index (χ0v) is 46.6. The molecule has 7 aromatic heterocycles. The quantitative estimate of drug-likeness (QED) is 0.0560. The number of hydrogen-bond acceptors (Lipinski definition) is 10. The van der Waals surface area contributed by atoms with E-state index in [0.29, 0.717) is 0 Å². The van der Waals surface area contributed by atoms with Crippen LogP contribution in [0, 0.1) is 0 Å². The summed E-state index contributed by atoms with van der Waals surface area (Å²) in [5, 5.41) is 0.534. The smallest absolute Gasteiger partial charge is 0.185 e. The topological polar surface area (TPSA) is 141 Å². The van der Waals surface area contributed by atoms with Crippen molar-refractivity contribution < 1.29 is 37.4 Å². The van der Waals surface area contributed by atoms with Gasteiger partial charge in [-0.15, -0.1) is 0 Å². The Morgan fingerprint density at radius 1 is 0.355 bits per heavy atom. The Labute approximate surface area is 460 Å². The average molecular weight is 1090 g/mol. The van der Waals surface area contributed by atoms with E-state index in [1.54, 1.807) is 27.7 Å². The first-order valence-electron chi connectivity index (χ1n) is 25.6. The Hall–Kier alpha value is -6.72. The molecular weight excluding hydrogens is 1020 g/mol. The molecule has 0 unspecified atom stereocenters. The van der Waals surface area contributed by atoms with E-state index in [2.05, 4.69) is 175 Å². The molecule has 2 N–H and O–H groups in total. The maximum atomic E-state index is 11.6. The fourth-order valence-corrected chi connectivity index (χ4v) is 11.6. The number of hydrogen-bond donors (Lipinski definition) is 2. The third-order valence-electron chi connectivity index (χ3n) is 12.9. The van der Waals surface area contributed by atoms with Crippen LogP contribution in [0.5, 0.6) is 0 Å². The number of rotatable bonds is 20. The molecule has 9 heterocycles. The molecule has 76 heavy (non-hydrogen) atoms. The first-order chi connectivity index (χ1) is 36.9. The molecular formula is C60H62N8O4S4+4. The number of nitrogens with zero attached hydrogens (tertiary/aromatic N) is 6. The third kappa shape index (κ3) is 14.0. The minimum Gasteiger partial charge on any atom is -0.354 e. The Bertz CT molecular complexity index is 3330. The summed E-state index contributed by atoms with van der Waals surface area (Å²) in [5.41, 5.74) is 14.6. The van der Waals surface area contributed by atoms with Gasteiger partial charge in [-0.2, -0.15) is 0 Å². The van der Waals surface area contributed by atoms with Gasteiger partial charge >= 0.3 is 0 Å². The number of fused-ring (bicyclic) bond motifs is 8. The van der Waals surface area contributed by atoms with Gasteiger partial charge in [-0.05, 0) is 70.8 Å². The van der Waals surface area contributed by atoms with Crippen LogP contribution in [-0.2, 0) is 45.4 Å². The summed E-state index contributed by atoms with van der Waals surface area (Å²) >= 11 is 5.44. The van der Waals surface area contributed by atoms with Crippen molar-refractivity contribution in [1.29, 1.82) is 0 Å². The predicted octanol–water partition coefficient (Wildman–Crippen LogP) is 11.2. The number of carbonyl (C=O) groups excluding carboxylic acids is 4. The lowest BCUT2D eigenvalue weighted by Gasteiger charge is -2.07. The van der Waals surface area contributed by atoms with E-state index in [9.17, 15) is 19.2 Å². The van der Waals surface area contributed by atoms with Crippen molar-refractivity contribution in [2.75, 3.05) is 23.0 Å². The van der Waals surface area contributed by atoms with E-state index in [1.165, 1.54) is 47.0 Å². The van der Waals surface area contributed by atoms with Crippen LogP contribution < -0.4 is 18.3 Å². The van der Waals surface area contributed by atoms with Gasteiger partial charge in [0.25, 0.3) is 0 Å². The molecule has 0 aliphatic carbocycles. The standard InChI is InChI=1S/C60H61N8O4S4/c1-41(69)73-37-5-25-65-29-17-45(18-30-65)57-49-9-11-51(61-49)58(46-19-31-66(32-20-46)26-6-38-74-42(2)70)53-13-15-55(63-53)60(48-23-35-68(36-24-48)28-8-40-76-44(4)72)56-16-14-54(64-56)59(52-12-10-50(57)62-52)47-21-33-67(34-22-47)27-7-39-75-43(3)71/h9-24,29-36H,5-8,25-28,37-40H2,1-4H3,(H,61,62,63,64)/q+3/p+1. The summed E-state index contributed by atoms with van der Waals surface area (Å²) in [6.45, 7) is 9.62. The highest BCUT2D eigenvalue weighted by molar-refractivity contribution is 8.14. The van der Waals surface area contributed by atoms with Gasteiger partial charge in [0, 0.05) is 169 Å². The lowest BCUT2D eigenvalue weighted by Crippen LogP contribution is -2.32. The van der Waals surface area contributed by atoms with Crippen molar-refractivity contribution in [3.8, 4) is 44.5 Å². The van der Waals surface area contributed by atoms with E-state index in [0.717, 1.165) is 164 Å². The minimum absolute atomic E-state index is 0.132. The van der Waals surface area contributed by atoms with Gasteiger partial charge in [0.2, 0.25) is 0 Å². The van der Waals surface area contributed by atoms with Crippen LogP contribution in [0.2, 0.25) is 0 Å². The van der Waals surface area contributed by atoms with Crippen LogP contribution in [0.4, 0.5) is 0 Å². The van der Waals surface area contributed by atoms with Crippen molar-refractivity contribution in [3.05, 3.63) is 145 Å². The third-order valence-corrected chi connectivity index (χ3v) is 16.5. The second-order valence-corrected chi connectivity index (χ2v) is 23.7. The molecule has 12 nitrogen and oxygen atoms in total. The zero-order valence-electron chi connectivity index (χ0n) is 43.3. The SMILES string of the molecule is CC(=O)SCCC[n+]1ccc(-c2c3nc(c(-c4cc[n+](CCCSC(C)=O)cc4)c4ccc([nH]4)c(-c4cc[n+](CCCSC(C)=O)cc4)c4ccc([nH]4)c(-c4cc[n+](CCCSC(C)=O)cc4)c4nc2C=C4)C=C3)cc1. The molecule has 0 amide bonds. The van der Waals surface area contributed by atoms with Crippen LogP contribution in [0.1, 0.15) is 76.2 Å². The summed E-state index contributed by atoms with van der Waals surface area (Å²) in [5.74, 6) is 3.08. The number of carbonyl (C=O) groups is 4. The largest absolute Gasteiger partial charge is 0.354 e. The second kappa shape index (κ2) is 25.9. The Morgan fingerprint density at radius 2 is 0.592 bits per heavy atom. The predicted molar refractivity (Wildman–Crippen MR) is 312 cm³/mol. The summed E-state index contributed by atoms with van der Waals surface area (Å²) in [4.78, 5) is 65.3. The average Bonchev–Trinajstić information content (AvgIpc) is 4.30. The maximum absolute atomic E-state index is 11.6. The summed E-state index contributed by atoms with van der Waals surface area (Å²) in [6.07, 6.45) is 28.7. The monoisotopic (exact) mass is 1090 g/mol. The van der Waals surface area contributed by atoms with Crippen LogP contribution in [0.15, 0.2) is 122 Å². The van der Waals surface area contributed by atoms with Crippen LogP contribution in [-0.4, -0.2) is 63.4 Å². The Kier molecular flexibility index (Phi) is 18.4. The fraction of sp³-hybridized carbons (Fsp3) is 0.267. The van der Waals surface area contributed by atoms with Crippen LogP contribution >= 0.6 is 47.0 Å². The highest BCUT2D eigenvalue weighted by Crippen LogP contribution is 2.38. The molecule has 16 heteroatoms. The molecule has 0 radical (unpaired) electrons. The van der Waals surface area contributed by atoms with Gasteiger partial charge in [0.05, 0.1) is 22.8 Å². The number of nitrogens with one attached hydrogen (secondary N) is 2. The zero-order chi connectivity index (χ0) is 53.0. The van der Waals surface area contributed by atoms with E-state index in [-0.39, 0.29) is 20.5 Å². The second-order valence-electron chi connectivity index (χ2n) is 18.6. The maximum Gasteiger partial charge on any atom is 0.185 e. The molecule has 7 aromatic rings. The summed E-state index contributed by atoms with van der Waals surface area (Å²) in [7, 11) is 0. The molecule has 0 saturated heterocycles. The molecule has 2 aliphatic heterocycles. The van der Waals surface area contributed by atoms with E-state index < -0.39 is 0 Å². The van der Waals surface area contributed by atoms with Gasteiger partial charge < -0.3 is 9.97 Å². The molecule has 9 rings (SSSR count).